The lowest BCUT2D eigenvalue weighted by Crippen LogP contribution is -2.38. The van der Waals surface area contributed by atoms with E-state index in [9.17, 15) is 14.7 Å². The third-order valence-corrected chi connectivity index (χ3v) is 5.28. The normalized spacial score (nSPS) is 18.9. The maximum Gasteiger partial charge on any atom is 0.272 e. The second-order valence-electron chi connectivity index (χ2n) is 7.36. The first-order valence-corrected chi connectivity index (χ1v) is 9.56. The number of aromatic nitrogens is 2. The van der Waals surface area contributed by atoms with Gasteiger partial charge in [0.15, 0.2) is 6.23 Å². The largest absolute Gasteiger partial charge is 0.369 e. The summed E-state index contributed by atoms with van der Waals surface area (Å²) in [5, 5.41) is 13.0. The summed E-state index contributed by atoms with van der Waals surface area (Å²) in [7, 11) is 1.57. The van der Waals surface area contributed by atoms with Crippen LogP contribution in [0, 0.1) is 6.92 Å². The number of aliphatic hydroxyl groups excluding tert-OH is 1. The molecule has 0 saturated heterocycles. The van der Waals surface area contributed by atoms with E-state index in [1.807, 2.05) is 25.1 Å². The summed E-state index contributed by atoms with van der Waals surface area (Å²) in [5.41, 5.74) is 4.36. The lowest BCUT2D eigenvalue weighted by atomic mass is 10.0. The molecule has 150 valence electrons. The molecule has 2 aromatic heterocycles. The summed E-state index contributed by atoms with van der Waals surface area (Å²) in [4.78, 5) is 36.7. The average molecular weight is 393 g/mol. The summed E-state index contributed by atoms with van der Waals surface area (Å²) >= 11 is 0. The van der Waals surface area contributed by atoms with Gasteiger partial charge in [-0.3, -0.25) is 19.6 Å². The van der Waals surface area contributed by atoms with Gasteiger partial charge >= 0.3 is 0 Å². The fraction of sp³-hybridized carbons (Fsp3) is 0.333. The quantitative estimate of drug-likeness (QED) is 0.817. The second-order valence-corrected chi connectivity index (χ2v) is 7.36. The molecular formula is C21H23N5O3. The highest BCUT2D eigenvalue weighted by molar-refractivity contribution is 5.98. The lowest BCUT2D eigenvalue weighted by molar-refractivity contribution is -0.131. The molecule has 2 N–H and O–H groups in total. The van der Waals surface area contributed by atoms with Gasteiger partial charge in [-0.1, -0.05) is 0 Å². The molecule has 8 nitrogen and oxygen atoms in total. The first-order valence-electron chi connectivity index (χ1n) is 9.56. The third-order valence-electron chi connectivity index (χ3n) is 5.28. The minimum atomic E-state index is -0.892. The van der Waals surface area contributed by atoms with Crippen LogP contribution in [0.3, 0.4) is 0 Å². The van der Waals surface area contributed by atoms with Crippen molar-refractivity contribution in [1.29, 1.82) is 0 Å². The Kier molecular flexibility index (Phi) is 5.02. The van der Waals surface area contributed by atoms with E-state index >= 15 is 0 Å². The number of pyridine rings is 2. The number of hydrogen-bond donors (Lipinski definition) is 2. The SMILES string of the molecule is Cc1ccc(-c2ccc(NC(=O)CN3CCCC4=C3C(=O)N(C)C4O)cn2)cn1. The van der Waals surface area contributed by atoms with Gasteiger partial charge in [0.2, 0.25) is 5.91 Å². The minimum absolute atomic E-state index is 0.0504. The number of rotatable bonds is 4. The minimum Gasteiger partial charge on any atom is -0.369 e. The van der Waals surface area contributed by atoms with E-state index in [0.717, 1.165) is 23.4 Å². The van der Waals surface area contributed by atoms with Gasteiger partial charge in [-0.2, -0.15) is 0 Å². The summed E-state index contributed by atoms with van der Waals surface area (Å²) in [6.45, 7) is 2.58. The van der Waals surface area contributed by atoms with E-state index in [2.05, 4.69) is 15.3 Å². The molecule has 29 heavy (non-hydrogen) atoms. The third kappa shape index (κ3) is 3.71. The number of carbonyl (C=O) groups is 2. The summed E-state index contributed by atoms with van der Waals surface area (Å²) in [5.74, 6) is -0.472. The average Bonchev–Trinajstić information content (AvgIpc) is 2.94. The van der Waals surface area contributed by atoms with Crippen LogP contribution in [0.5, 0.6) is 0 Å². The second kappa shape index (κ2) is 7.63. The van der Waals surface area contributed by atoms with Crippen LogP contribution >= 0.6 is 0 Å². The van der Waals surface area contributed by atoms with Gasteiger partial charge < -0.3 is 20.2 Å². The van der Waals surface area contributed by atoms with Crippen molar-refractivity contribution in [1.82, 2.24) is 19.8 Å². The molecule has 4 rings (SSSR count). The number of likely N-dealkylation sites (N-methyl/N-ethyl adjacent to an activating group) is 1. The number of anilines is 1. The van der Waals surface area contributed by atoms with Gasteiger partial charge in [-0.15, -0.1) is 0 Å². The number of aliphatic hydroxyl groups is 1. The highest BCUT2D eigenvalue weighted by Gasteiger charge is 2.40. The Morgan fingerprint density at radius 1 is 1.24 bits per heavy atom. The standard InChI is InChI=1S/C21H23N5O3/c1-13-5-6-14(10-22-13)17-8-7-15(11-23-17)24-18(27)12-26-9-3-4-16-19(26)21(29)25(2)20(16)28/h5-8,10-11,20,28H,3-4,9,12H2,1-2H3,(H,24,27). The molecule has 2 aromatic rings. The molecule has 1 unspecified atom stereocenters. The van der Waals surface area contributed by atoms with Crippen LogP contribution in [0.2, 0.25) is 0 Å². The Hall–Kier alpha value is -3.26. The number of nitrogens with zero attached hydrogens (tertiary/aromatic N) is 4. The van der Waals surface area contributed by atoms with Gasteiger partial charge in [-0.05, 0) is 44.0 Å². The highest BCUT2D eigenvalue weighted by atomic mass is 16.3. The fourth-order valence-electron chi connectivity index (χ4n) is 3.72. The molecule has 0 fully saturated rings. The molecule has 0 aromatic carbocycles. The van der Waals surface area contributed by atoms with Crippen LogP contribution in [0.15, 0.2) is 47.9 Å². The van der Waals surface area contributed by atoms with Crippen molar-refractivity contribution in [3.05, 3.63) is 53.6 Å². The molecule has 2 aliphatic heterocycles. The van der Waals surface area contributed by atoms with E-state index in [1.165, 1.54) is 4.90 Å². The smallest absolute Gasteiger partial charge is 0.272 e. The van der Waals surface area contributed by atoms with E-state index in [-0.39, 0.29) is 18.4 Å². The zero-order chi connectivity index (χ0) is 20.5. The molecule has 2 aliphatic rings. The number of aryl methyl sites for hydroxylation is 1. The van der Waals surface area contributed by atoms with Crippen LogP contribution < -0.4 is 5.32 Å². The fourth-order valence-corrected chi connectivity index (χ4v) is 3.72. The van der Waals surface area contributed by atoms with Gasteiger partial charge in [-0.25, -0.2) is 0 Å². The van der Waals surface area contributed by atoms with E-state index < -0.39 is 6.23 Å². The van der Waals surface area contributed by atoms with Gasteiger partial charge in [0, 0.05) is 36.6 Å². The van der Waals surface area contributed by atoms with Crippen molar-refractivity contribution in [2.45, 2.75) is 26.0 Å². The van der Waals surface area contributed by atoms with Gasteiger partial charge in [0.1, 0.15) is 5.70 Å². The first-order chi connectivity index (χ1) is 13.9. The predicted molar refractivity (Wildman–Crippen MR) is 107 cm³/mol. The molecule has 0 bridgehead atoms. The van der Waals surface area contributed by atoms with Crippen molar-refractivity contribution in [2.24, 2.45) is 0 Å². The molecule has 2 amide bonds. The molecular weight excluding hydrogens is 370 g/mol. The molecule has 0 saturated carbocycles. The van der Waals surface area contributed by atoms with Crippen molar-refractivity contribution < 1.29 is 14.7 Å². The molecule has 8 heteroatoms. The van der Waals surface area contributed by atoms with Crippen LogP contribution in [0.25, 0.3) is 11.3 Å². The van der Waals surface area contributed by atoms with Crippen molar-refractivity contribution >= 4 is 17.5 Å². The summed E-state index contributed by atoms with van der Waals surface area (Å²) in [6, 6.07) is 7.50. The van der Waals surface area contributed by atoms with Crippen LogP contribution in [0.4, 0.5) is 5.69 Å². The summed E-state index contributed by atoms with van der Waals surface area (Å²) < 4.78 is 0. The van der Waals surface area contributed by atoms with E-state index in [4.69, 9.17) is 0 Å². The predicted octanol–water partition coefficient (Wildman–Crippen LogP) is 1.53. The van der Waals surface area contributed by atoms with E-state index in [1.54, 1.807) is 30.4 Å². The maximum atomic E-state index is 12.5. The van der Waals surface area contributed by atoms with Crippen molar-refractivity contribution in [3.63, 3.8) is 0 Å². The van der Waals surface area contributed by atoms with Crippen molar-refractivity contribution in [3.8, 4) is 11.3 Å². The van der Waals surface area contributed by atoms with Crippen LogP contribution in [-0.4, -0.2) is 63.1 Å². The van der Waals surface area contributed by atoms with Gasteiger partial charge in [0.25, 0.3) is 5.91 Å². The van der Waals surface area contributed by atoms with Gasteiger partial charge in [0.05, 0.1) is 24.1 Å². The molecule has 0 spiro atoms. The number of hydrogen-bond acceptors (Lipinski definition) is 6. The Labute approximate surface area is 168 Å². The highest BCUT2D eigenvalue weighted by Crippen LogP contribution is 2.32. The molecule has 0 radical (unpaired) electrons. The maximum absolute atomic E-state index is 12.5. The zero-order valence-corrected chi connectivity index (χ0v) is 16.4. The number of amides is 2. The topological polar surface area (TPSA) is 98.7 Å². The first kappa shape index (κ1) is 19.1. The number of carbonyl (C=O) groups excluding carboxylic acids is 2. The Bertz CT molecular complexity index is 969. The van der Waals surface area contributed by atoms with E-state index in [0.29, 0.717) is 29.9 Å². The van der Waals surface area contributed by atoms with Crippen LogP contribution in [-0.2, 0) is 9.59 Å². The Balaban J connectivity index is 1.42. The van der Waals surface area contributed by atoms with Crippen LogP contribution in [0.1, 0.15) is 18.5 Å². The molecule has 1 atom stereocenters. The molecule has 4 heterocycles. The number of nitrogens with one attached hydrogen (secondary N) is 1. The Morgan fingerprint density at radius 3 is 2.76 bits per heavy atom. The molecule has 0 aliphatic carbocycles. The monoisotopic (exact) mass is 393 g/mol. The lowest BCUT2D eigenvalue weighted by Gasteiger charge is -2.28. The zero-order valence-electron chi connectivity index (χ0n) is 16.4. The summed E-state index contributed by atoms with van der Waals surface area (Å²) in [6.07, 6.45) is 3.94. The Morgan fingerprint density at radius 2 is 2.07 bits per heavy atom. The van der Waals surface area contributed by atoms with Crippen molar-refractivity contribution in [2.75, 3.05) is 25.5 Å².